The van der Waals surface area contributed by atoms with Crippen molar-refractivity contribution in [2.24, 2.45) is 0 Å². The van der Waals surface area contributed by atoms with Gasteiger partial charge >= 0.3 is 5.97 Å². The smallest absolute Gasteiger partial charge is 0.341 e. The molecule has 1 N–H and O–H groups in total. The van der Waals surface area contributed by atoms with Gasteiger partial charge in [-0.3, -0.25) is 4.79 Å². The molecule has 3 aromatic rings. The summed E-state index contributed by atoms with van der Waals surface area (Å²) in [6.07, 6.45) is 0.643. The van der Waals surface area contributed by atoms with Gasteiger partial charge in [0.1, 0.15) is 16.3 Å². The standard InChI is InChI=1S/C25H25Cl2NO6S/c1-4-33-25(30)23-17(15-7-9-20(31-2)21(12-15)32-3)14-35-24(23)28-22(29)6-5-11-34-19-10-8-16(26)13-18(19)27/h7-10,12-14H,4-6,11H2,1-3H3,(H,28,29). The van der Waals surface area contributed by atoms with Crippen LogP contribution in [0.2, 0.25) is 10.0 Å². The summed E-state index contributed by atoms with van der Waals surface area (Å²) in [6.45, 7) is 2.23. The Morgan fingerprint density at radius 2 is 1.74 bits per heavy atom. The topological polar surface area (TPSA) is 83.1 Å². The zero-order chi connectivity index (χ0) is 25.4. The first-order valence-corrected chi connectivity index (χ1v) is 12.4. The van der Waals surface area contributed by atoms with Gasteiger partial charge in [-0.15, -0.1) is 11.3 Å². The minimum Gasteiger partial charge on any atom is -0.493 e. The SMILES string of the molecule is CCOC(=O)c1c(-c2ccc(OC)c(OC)c2)csc1NC(=O)CCCOc1ccc(Cl)cc1Cl. The molecule has 10 heteroatoms. The fourth-order valence-electron chi connectivity index (χ4n) is 3.27. The van der Waals surface area contributed by atoms with Crippen molar-refractivity contribution < 1.29 is 28.5 Å². The molecule has 0 atom stereocenters. The minimum absolute atomic E-state index is 0.192. The van der Waals surface area contributed by atoms with Crippen LogP contribution in [0.5, 0.6) is 17.2 Å². The number of carbonyl (C=O) groups excluding carboxylic acids is 2. The van der Waals surface area contributed by atoms with Gasteiger partial charge in [-0.05, 0) is 49.2 Å². The number of nitrogens with one attached hydrogen (secondary N) is 1. The molecule has 7 nitrogen and oxygen atoms in total. The number of carbonyl (C=O) groups is 2. The molecule has 1 amide bonds. The third kappa shape index (κ3) is 6.81. The van der Waals surface area contributed by atoms with Gasteiger partial charge < -0.3 is 24.3 Å². The summed E-state index contributed by atoms with van der Waals surface area (Å²) in [6, 6.07) is 10.3. The van der Waals surface area contributed by atoms with Crippen LogP contribution in [0.4, 0.5) is 5.00 Å². The Labute approximate surface area is 217 Å². The highest BCUT2D eigenvalue weighted by Crippen LogP contribution is 2.39. The lowest BCUT2D eigenvalue weighted by Crippen LogP contribution is -2.15. The number of anilines is 1. The monoisotopic (exact) mass is 537 g/mol. The molecule has 3 rings (SSSR count). The van der Waals surface area contributed by atoms with Crippen LogP contribution in [0, 0.1) is 0 Å². The van der Waals surface area contributed by atoms with E-state index >= 15 is 0 Å². The lowest BCUT2D eigenvalue weighted by atomic mass is 10.0. The Bertz CT molecular complexity index is 1200. The molecule has 0 fully saturated rings. The van der Waals surface area contributed by atoms with Crippen molar-refractivity contribution in [1.29, 1.82) is 0 Å². The van der Waals surface area contributed by atoms with Crippen molar-refractivity contribution in [3.05, 3.63) is 57.4 Å². The van der Waals surface area contributed by atoms with Gasteiger partial charge in [0, 0.05) is 22.4 Å². The maximum atomic E-state index is 12.8. The number of hydrogen-bond donors (Lipinski definition) is 1. The van der Waals surface area contributed by atoms with E-state index < -0.39 is 5.97 Å². The summed E-state index contributed by atoms with van der Waals surface area (Å²) >= 11 is 13.2. The first kappa shape index (κ1) is 26.7. The largest absolute Gasteiger partial charge is 0.493 e. The van der Waals surface area contributed by atoms with Crippen molar-refractivity contribution in [3.63, 3.8) is 0 Å². The fraction of sp³-hybridized carbons (Fsp3) is 0.280. The van der Waals surface area contributed by atoms with E-state index in [2.05, 4.69) is 5.32 Å². The first-order chi connectivity index (χ1) is 16.9. The van der Waals surface area contributed by atoms with Gasteiger partial charge in [0.05, 0.1) is 32.5 Å². The van der Waals surface area contributed by atoms with E-state index in [0.29, 0.717) is 56.4 Å². The van der Waals surface area contributed by atoms with E-state index in [9.17, 15) is 9.59 Å². The third-order valence-electron chi connectivity index (χ3n) is 4.92. The first-order valence-electron chi connectivity index (χ1n) is 10.8. The summed E-state index contributed by atoms with van der Waals surface area (Å²) in [4.78, 5) is 25.4. The van der Waals surface area contributed by atoms with Crippen LogP contribution >= 0.6 is 34.5 Å². The minimum atomic E-state index is -0.519. The van der Waals surface area contributed by atoms with Crippen LogP contribution < -0.4 is 19.5 Å². The van der Waals surface area contributed by atoms with E-state index in [4.69, 9.17) is 42.1 Å². The predicted molar refractivity (Wildman–Crippen MR) is 139 cm³/mol. The van der Waals surface area contributed by atoms with E-state index in [-0.39, 0.29) is 18.9 Å². The molecule has 0 unspecified atom stereocenters. The van der Waals surface area contributed by atoms with Crippen LogP contribution in [0.3, 0.4) is 0 Å². The molecule has 0 saturated heterocycles. The number of benzene rings is 2. The number of esters is 1. The second kappa shape index (κ2) is 12.7. The second-order valence-corrected chi connectivity index (χ2v) is 8.94. The van der Waals surface area contributed by atoms with Gasteiger partial charge in [-0.2, -0.15) is 0 Å². The van der Waals surface area contributed by atoms with Crippen LogP contribution in [0.15, 0.2) is 41.8 Å². The summed E-state index contributed by atoms with van der Waals surface area (Å²) < 4.78 is 21.6. The Hall–Kier alpha value is -2.94. The molecule has 1 aromatic heterocycles. The number of rotatable bonds is 11. The predicted octanol–water partition coefficient (Wildman–Crippen LogP) is 6.71. The van der Waals surface area contributed by atoms with Crippen LogP contribution in [-0.4, -0.2) is 39.3 Å². The van der Waals surface area contributed by atoms with E-state index in [1.165, 1.54) is 18.4 Å². The van der Waals surface area contributed by atoms with E-state index in [1.807, 2.05) is 6.07 Å². The van der Waals surface area contributed by atoms with E-state index in [0.717, 1.165) is 5.56 Å². The highest BCUT2D eigenvalue weighted by Gasteiger charge is 2.23. The normalized spacial score (nSPS) is 10.5. The van der Waals surface area contributed by atoms with Gasteiger partial charge in [0.25, 0.3) is 0 Å². The molecule has 1 heterocycles. The van der Waals surface area contributed by atoms with E-state index in [1.54, 1.807) is 49.7 Å². The Morgan fingerprint density at radius 1 is 1.00 bits per heavy atom. The molecule has 0 aliphatic carbocycles. The molecule has 0 bridgehead atoms. The van der Waals surface area contributed by atoms with Crippen LogP contribution in [0.25, 0.3) is 11.1 Å². The maximum Gasteiger partial charge on any atom is 0.341 e. The molecular weight excluding hydrogens is 513 g/mol. The zero-order valence-corrected chi connectivity index (χ0v) is 21.8. The molecular formula is C25H25Cl2NO6S. The number of ether oxygens (including phenoxy) is 4. The van der Waals surface area contributed by atoms with Gasteiger partial charge in [-0.1, -0.05) is 29.3 Å². The average molecular weight is 538 g/mol. The molecule has 0 spiro atoms. The van der Waals surface area contributed by atoms with Crippen molar-refractivity contribution in [2.75, 3.05) is 32.8 Å². The summed E-state index contributed by atoms with van der Waals surface area (Å²) in [5.74, 6) is 0.827. The van der Waals surface area contributed by atoms with Crippen molar-refractivity contribution in [2.45, 2.75) is 19.8 Å². The average Bonchev–Trinajstić information content (AvgIpc) is 3.26. The maximum absolute atomic E-state index is 12.8. The number of hydrogen-bond acceptors (Lipinski definition) is 7. The summed E-state index contributed by atoms with van der Waals surface area (Å²) in [7, 11) is 3.09. The van der Waals surface area contributed by atoms with Crippen molar-refractivity contribution >= 4 is 51.4 Å². The van der Waals surface area contributed by atoms with Gasteiger partial charge in [0.2, 0.25) is 5.91 Å². The number of amides is 1. The molecule has 0 radical (unpaired) electrons. The lowest BCUT2D eigenvalue weighted by molar-refractivity contribution is -0.116. The second-order valence-electron chi connectivity index (χ2n) is 7.22. The highest BCUT2D eigenvalue weighted by atomic mass is 35.5. The number of methoxy groups -OCH3 is 2. The Morgan fingerprint density at radius 3 is 2.43 bits per heavy atom. The number of halogens is 2. The Balaban J connectivity index is 1.71. The highest BCUT2D eigenvalue weighted by molar-refractivity contribution is 7.15. The quantitative estimate of drug-likeness (QED) is 0.216. The molecule has 0 aliphatic heterocycles. The van der Waals surface area contributed by atoms with Gasteiger partial charge in [0.15, 0.2) is 11.5 Å². The molecule has 0 saturated carbocycles. The van der Waals surface area contributed by atoms with Crippen LogP contribution in [0.1, 0.15) is 30.1 Å². The number of thiophene rings is 1. The zero-order valence-electron chi connectivity index (χ0n) is 19.5. The molecule has 186 valence electrons. The van der Waals surface area contributed by atoms with Crippen molar-refractivity contribution in [3.8, 4) is 28.4 Å². The van der Waals surface area contributed by atoms with Crippen LogP contribution in [-0.2, 0) is 9.53 Å². The fourth-order valence-corrected chi connectivity index (χ4v) is 4.70. The summed E-state index contributed by atoms with van der Waals surface area (Å²) in [5.41, 5.74) is 1.66. The summed E-state index contributed by atoms with van der Waals surface area (Å²) in [5, 5.41) is 5.97. The molecule has 35 heavy (non-hydrogen) atoms. The Kier molecular flexibility index (Phi) is 9.65. The van der Waals surface area contributed by atoms with Crippen molar-refractivity contribution in [1.82, 2.24) is 0 Å². The van der Waals surface area contributed by atoms with Gasteiger partial charge in [-0.25, -0.2) is 4.79 Å². The third-order valence-corrected chi connectivity index (χ3v) is 6.34. The molecule has 0 aliphatic rings. The lowest BCUT2D eigenvalue weighted by Gasteiger charge is -2.11. The molecule has 2 aromatic carbocycles.